The average Bonchev–Trinajstić information content (AvgIpc) is 3.18. The summed E-state index contributed by atoms with van der Waals surface area (Å²) in [6.07, 6.45) is -1.38. The number of hydrogen-bond donors (Lipinski definition) is 1. The highest BCUT2D eigenvalue weighted by atomic mass is 19.4. The quantitative estimate of drug-likeness (QED) is 0.843. The van der Waals surface area contributed by atoms with Gasteiger partial charge < -0.3 is 19.5 Å². The number of benzene rings is 1. The summed E-state index contributed by atoms with van der Waals surface area (Å²) in [5.41, 5.74) is 0.695. The molecule has 1 aromatic heterocycles. The Bertz CT molecular complexity index is 881. The molecule has 1 N–H and O–H groups in total. The first-order valence-corrected chi connectivity index (χ1v) is 9.66. The minimum Gasteiger partial charge on any atom is -0.406 e. The predicted molar refractivity (Wildman–Crippen MR) is 97.1 cm³/mol. The van der Waals surface area contributed by atoms with Crippen LogP contribution in [0, 0.1) is 0 Å². The summed E-state index contributed by atoms with van der Waals surface area (Å²) < 4.78 is 42.7. The summed E-state index contributed by atoms with van der Waals surface area (Å²) in [4.78, 5) is 14.8. The molecule has 10 heteroatoms. The molecular weight excluding hydrogens is 387 g/mol. The lowest BCUT2D eigenvalue weighted by molar-refractivity contribution is -0.274. The van der Waals surface area contributed by atoms with Gasteiger partial charge in [-0.2, -0.15) is 0 Å². The van der Waals surface area contributed by atoms with Gasteiger partial charge in [-0.1, -0.05) is 19.1 Å². The van der Waals surface area contributed by atoms with Gasteiger partial charge in [-0.15, -0.1) is 23.4 Å². The molecule has 0 saturated carbocycles. The number of nitrogens with zero attached hydrogens (tertiary/aromatic N) is 4. The number of amides is 2. The zero-order valence-electron chi connectivity index (χ0n) is 15.9. The number of ether oxygens (including phenoxy) is 1. The molecule has 1 saturated heterocycles. The molecule has 29 heavy (non-hydrogen) atoms. The van der Waals surface area contributed by atoms with E-state index in [9.17, 15) is 18.0 Å². The van der Waals surface area contributed by atoms with Gasteiger partial charge in [0.25, 0.3) is 0 Å². The van der Waals surface area contributed by atoms with Crippen LogP contribution in [0.15, 0.2) is 24.3 Å². The van der Waals surface area contributed by atoms with E-state index in [1.54, 1.807) is 0 Å². The molecule has 2 aliphatic heterocycles. The van der Waals surface area contributed by atoms with E-state index in [-0.39, 0.29) is 30.4 Å². The SMILES string of the molecule is CCc1nnc2n1C[C@H]1CC[C@@H](C2)N1C(=O)NCc1ccc(OC(F)(F)F)cc1. The molecule has 2 atom stereocenters. The summed E-state index contributed by atoms with van der Waals surface area (Å²) in [5, 5.41) is 11.4. The van der Waals surface area contributed by atoms with E-state index in [0.717, 1.165) is 30.9 Å². The molecule has 0 aliphatic carbocycles. The van der Waals surface area contributed by atoms with Gasteiger partial charge in [0.2, 0.25) is 0 Å². The van der Waals surface area contributed by atoms with E-state index >= 15 is 0 Å². The Balaban J connectivity index is 1.39. The molecule has 2 aromatic rings. The van der Waals surface area contributed by atoms with Crippen LogP contribution in [0.3, 0.4) is 0 Å². The average molecular weight is 409 g/mol. The Hall–Kier alpha value is -2.78. The lowest BCUT2D eigenvalue weighted by atomic mass is 10.1. The number of carbonyl (C=O) groups excluding carboxylic acids is 1. The normalized spacial score (nSPS) is 20.9. The van der Waals surface area contributed by atoms with Gasteiger partial charge in [0.1, 0.15) is 17.4 Å². The molecule has 7 nitrogen and oxygen atoms in total. The monoisotopic (exact) mass is 409 g/mol. The van der Waals surface area contributed by atoms with Crippen molar-refractivity contribution in [3.63, 3.8) is 0 Å². The minimum absolute atomic E-state index is 0.0812. The van der Waals surface area contributed by atoms with Gasteiger partial charge in [0.15, 0.2) is 0 Å². The fraction of sp³-hybridized carbons (Fsp3) is 0.526. The van der Waals surface area contributed by atoms with Crippen LogP contribution in [-0.4, -0.2) is 44.1 Å². The van der Waals surface area contributed by atoms with Crippen molar-refractivity contribution in [2.45, 2.75) is 64.1 Å². The minimum atomic E-state index is -4.72. The third-order valence-corrected chi connectivity index (χ3v) is 5.49. The van der Waals surface area contributed by atoms with Gasteiger partial charge in [0.05, 0.1) is 6.04 Å². The molecule has 4 rings (SSSR count). The summed E-state index contributed by atoms with van der Waals surface area (Å²) in [6.45, 7) is 2.96. The van der Waals surface area contributed by atoms with Crippen LogP contribution in [0.1, 0.15) is 37.0 Å². The number of nitrogens with one attached hydrogen (secondary N) is 1. The number of carbonyl (C=O) groups is 1. The standard InChI is InChI=1S/C19H22F3N5O2/c1-2-16-24-25-17-9-13-5-6-14(11-26(16)17)27(13)18(28)23-10-12-3-7-15(8-4-12)29-19(20,21)22/h3-4,7-8,13-14H,2,5-6,9-11H2,1H3,(H,23,28)/t13-,14+/m0/s1. The molecule has 1 fully saturated rings. The molecular formula is C19H22F3N5O2. The van der Waals surface area contributed by atoms with Crippen molar-refractivity contribution < 1.29 is 22.7 Å². The van der Waals surface area contributed by atoms with Crippen molar-refractivity contribution in [3.05, 3.63) is 41.5 Å². The molecule has 1 aromatic carbocycles. The number of alkyl halides is 3. The Labute approximate surface area is 165 Å². The van der Waals surface area contributed by atoms with Crippen molar-refractivity contribution in [1.82, 2.24) is 25.0 Å². The first-order valence-electron chi connectivity index (χ1n) is 9.66. The topological polar surface area (TPSA) is 72.3 Å². The van der Waals surface area contributed by atoms with Crippen LogP contribution in [0.4, 0.5) is 18.0 Å². The van der Waals surface area contributed by atoms with E-state index in [2.05, 4.69) is 24.8 Å². The van der Waals surface area contributed by atoms with Crippen LogP contribution >= 0.6 is 0 Å². The van der Waals surface area contributed by atoms with Crippen LogP contribution < -0.4 is 10.1 Å². The smallest absolute Gasteiger partial charge is 0.406 e. The number of aromatic nitrogens is 3. The second kappa shape index (κ2) is 7.57. The highest BCUT2D eigenvalue weighted by molar-refractivity contribution is 5.75. The number of halogens is 3. The Kier molecular flexibility index (Phi) is 5.10. The first-order chi connectivity index (χ1) is 13.8. The van der Waals surface area contributed by atoms with Gasteiger partial charge in [-0.05, 0) is 30.5 Å². The number of aryl methyl sites for hydroxylation is 1. The van der Waals surface area contributed by atoms with Gasteiger partial charge in [-0.25, -0.2) is 4.79 Å². The summed E-state index contributed by atoms with van der Waals surface area (Å²) in [5.74, 6) is 1.58. The van der Waals surface area contributed by atoms with Crippen LogP contribution in [0.2, 0.25) is 0 Å². The van der Waals surface area contributed by atoms with Crippen molar-refractivity contribution in [2.24, 2.45) is 0 Å². The number of urea groups is 1. The lowest BCUT2D eigenvalue weighted by Crippen LogP contribution is -2.47. The molecule has 2 amide bonds. The Morgan fingerprint density at radius 1 is 1.21 bits per heavy atom. The fourth-order valence-corrected chi connectivity index (χ4v) is 4.17. The highest BCUT2D eigenvalue weighted by Gasteiger charge is 2.41. The Morgan fingerprint density at radius 3 is 2.62 bits per heavy atom. The Morgan fingerprint density at radius 2 is 1.93 bits per heavy atom. The summed E-state index contributed by atoms with van der Waals surface area (Å²) >= 11 is 0. The van der Waals surface area contributed by atoms with Crippen molar-refractivity contribution >= 4 is 6.03 Å². The maximum atomic E-state index is 12.9. The second-order valence-corrected chi connectivity index (χ2v) is 7.34. The van der Waals surface area contributed by atoms with Crippen molar-refractivity contribution in [2.75, 3.05) is 0 Å². The van der Waals surface area contributed by atoms with E-state index in [4.69, 9.17) is 0 Å². The predicted octanol–water partition coefficient (Wildman–Crippen LogP) is 3.04. The molecule has 2 aliphatic rings. The molecule has 3 heterocycles. The number of fused-ring (bicyclic) bond motifs is 3. The largest absolute Gasteiger partial charge is 0.573 e. The summed E-state index contributed by atoms with van der Waals surface area (Å²) in [6, 6.07) is 5.50. The molecule has 0 unspecified atom stereocenters. The van der Waals surface area contributed by atoms with Gasteiger partial charge >= 0.3 is 12.4 Å². The van der Waals surface area contributed by atoms with E-state index < -0.39 is 6.36 Å². The number of rotatable bonds is 4. The van der Waals surface area contributed by atoms with E-state index in [1.165, 1.54) is 24.3 Å². The van der Waals surface area contributed by atoms with Gasteiger partial charge in [-0.3, -0.25) is 0 Å². The molecule has 156 valence electrons. The first kappa shape index (κ1) is 19.5. The zero-order valence-corrected chi connectivity index (χ0v) is 15.9. The van der Waals surface area contributed by atoms with Crippen LogP contribution in [-0.2, 0) is 25.9 Å². The third-order valence-electron chi connectivity index (χ3n) is 5.49. The van der Waals surface area contributed by atoms with Crippen molar-refractivity contribution in [1.29, 1.82) is 0 Å². The maximum Gasteiger partial charge on any atom is 0.573 e. The highest BCUT2D eigenvalue weighted by Crippen LogP contribution is 2.31. The van der Waals surface area contributed by atoms with E-state index in [1.807, 2.05) is 11.8 Å². The number of hydrogen-bond acceptors (Lipinski definition) is 4. The molecule has 2 bridgehead atoms. The molecule has 0 spiro atoms. The van der Waals surface area contributed by atoms with E-state index in [0.29, 0.717) is 18.5 Å². The third kappa shape index (κ3) is 4.15. The lowest BCUT2D eigenvalue weighted by Gasteiger charge is -2.28. The fourth-order valence-electron chi connectivity index (χ4n) is 4.17. The van der Waals surface area contributed by atoms with Crippen molar-refractivity contribution in [3.8, 4) is 5.75 Å². The van der Waals surface area contributed by atoms with Crippen LogP contribution in [0.5, 0.6) is 5.75 Å². The zero-order chi connectivity index (χ0) is 20.6. The maximum absolute atomic E-state index is 12.9. The molecule has 0 radical (unpaired) electrons. The van der Waals surface area contributed by atoms with Gasteiger partial charge in [0, 0.05) is 32.0 Å². The summed E-state index contributed by atoms with van der Waals surface area (Å²) in [7, 11) is 0. The second-order valence-electron chi connectivity index (χ2n) is 7.34. The van der Waals surface area contributed by atoms with Crippen LogP contribution in [0.25, 0.3) is 0 Å².